The van der Waals surface area contributed by atoms with Crippen LogP contribution in [0.15, 0.2) is 47.6 Å². The molecule has 1 aliphatic rings. The largest absolute Gasteiger partial charge is 0.284 e. The third-order valence-corrected chi connectivity index (χ3v) is 5.02. The summed E-state index contributed by atoms with van der Waals surface area (Å²) in [4.78, 5) is 12.0. The van der Waals surface area contributed by atoms with Crippen LogP contribution >= 0.6 is 11.6 Å². The van der Waals surface area contributed by atoms with E-state index in [4.69, 9.17) is 11.6 Å². The third kappa shape index (κ3) is 4.28. The molecule has 0 bridgehead atoms. The number of benzene rings is 2. The molecule has 1 amide bonds. The molecule has 1 aliphatic heterocycles. The molecule has 0 aliphatic carbocycles. The average Bonchev–Trinajstić information content (AvgIpc) is 2.99. The van der Waals surface area contributed by atoms with Gasteiger partial charge in [0.2, 0.25) is 15.9 Å². The molecule has 0 unspecified atom stereocenters. The quantitative estimate of drug-likeness (QED) is 0.838. The summed E-state index contributed by atoms with van der Waals surface area (Å²) in [5.74, 6) is -0.826. The highest BCUT2D eigenvalue weighted by atomic mass is 35.5. The van der Waals surface area contributed by atoms with Crippen molar-refractivity contribution in [3.05, 3.63) is 64.4 Å². The Morgan fingerprint density at radius 3 is 2.48 bits per heavy atom. The number of hydrogen-bond acceptors (Lipinski definition) is 4. The summed E-state index contributed by atoms with van der Waals surface area (Å²) in [7, 11) is -3.37. The molecule has 0 saturated carbocycles. The van der Waals surface area contributed by atoms with Crippen molar-refractivity contribution < 1.29 is 17.6 Å². The number of carbonyl (C=O) groups excluding carboxylic acids is 1. The van der Waals surface area contributed by atoms with Gasteiger partial charge >= 0.3 is 0 Å². The monoisotopic (exact) mass is 409 g/mol. The molecule has 0 fully saturated rings. The first-order chi connectivity index (χ1) is 12.7. The minimum Gasteiger partial charge on any atom is -0.284 e. The highest BCUT2D eigenvalue weighted by Gasteiger charge is 2.34. The van der Waals surface area contributed by atoms with Gasteiger partial charge in [0.05, 0.1) is 18.0 Å². The van der Waals surface area contributed by atoms with E-state index >= 15 is 0 Å². The van der Waals surface area contributed by atoms with Crippen molar-refractivity contribution in [3.63, 3.8) is 0 Å². The fraction of sp³-hybridized carbons (Fsp3) is 0.222. The lowest BCUT2D eigenvalue weighted by molar-refractivity contribution is -0.130. The van der Waals surface area contributed by atoms with Crippen molar-refractivity contribution in [1.82, 2.24) is 5.01 Å². The van der Waals surface area contributed by atoms with E-state index in [-0.39, 0.29) is 16.5 Å². The number of halogens is 2. The smallest absolute Gasteiger partial charge is 0.240 e. The molecule has 0 radical (unpaired) electrons. The fourth-order valence-corrected chi connectivity index (χ4v) is 3.83. The molecular formula is C18H17ClFN3O3S. The number of anilines is 1. The molecule has 27 heavy (non-hydrogen) atoms. The predicted octanol–water partition coefficient (Wildman–Crippen LogP) is 3.55. The molecule has 2 aromatic carbocycles. The standard InChI is InChI=1S/C18H17ClFN3O3S/c1-11(24)23-17(18-14(19)4-3-5-15(18)20)10-16(21-23)12-6-8-13(9-7-12)22-27(2,25)26/h3-9,17,22H,10H2,1-2H3/t17-/m0/s1. The second-order valence-electron chi connectivity index (χ2n) is 6.22. The molecule has 0 aromatic heterocycles. The highest BCUT2D eigenvalue weighted by Crippen LogP contribution is 2.37. The van der Waals surface area contributed by atoms with Gasteiger partial charge in [0.15, 0.2) is 0 Å². The van der Waals surface area contributed by atoms with E-state index in [1.54, 1.807) is 30.3 Å². The van der Waals surface area contributed by atoms with E-state index in [1.807, 2.05) is 0 Å². The Hall–Kier alpha value is -2.45. The van der Waals surface area contributed by atoms with Crippen molar-refractivity contribution in [2.75, 3.05) is 11.0 Å². The number of rotatable bonds is 4. The van der Waals surface area contributed by atoms with Gasteiger partial charge in [0, 0.05) is 29.6 Å². The summed E-state index contributed by atoms with van der Waals surface area (Å²) >= 11 is 6.16. The molecular weight excluding hydrogens is 393 g/mol. The van der Waals surface area contributed by atoms with Gasteiger partial charge in [-0.05, 0) is 29.8 Å². The SMILES string of the molecule is CC(=O)N1N=C(c2ccc(NS(C)(=O)=O)cc2)C[C@H]1c1c(F)cccc1Cl. The van der Waals surface area contributed by atoms with Gasteiger partial charge in [-0.1, -0.05) is 29.8 Å². The number of nitrogens with one attached hydrogen (secondary N) is 1. The number of sulfonamides is 1. The Balaban J connectivity index is 1.92. The molecule has 2 aromatic rings. The van der Waals surface area contributed by atoms with Crippen LogP contribution in [0, 0.1) is 5.82 Å². The van der Waals surface area contributed by atoms with E-state index < -0.39 is 21.9 Å². The molecule has 142 valence electrons. The van der Waals surface area contributed by atoms with Crippen molar-refractivity contribution in [2.24, 2.45) is 5.10 Å². The lowest BCUT2D eigenvalue weighted by Gasteiger charge is -2.21. The second kappa shape index (κ2) is 7.28. The molecule has 9 heteroatoms. The summed E-state index contributed by atoms with van der Waals surface area (Å²) in [5.41, 5.74) is 1.93. The predicted molar refractivity (Wildman–Crippen MR) is 103 cm³/mol. The maximum Gasteiger partial charge on any atom is 0.240 e. The normalized spacial score (nSPS) is 17.0. The molecule has 1 atom stereocenters. The number of nitrogens with zero attached hydrogens (tertiary/aromatic N) is 2. The Labute approximate surface area is 161 Å². The van der Waals surface area contributed by atoms with Crippen molar-refractivity contribution >= 4 is 38.9 Å². The van der Waals surface area contributed by atoms with E-state index in [9.17, 15) is 17.6 Å². The van der Waals surface area contributed by atoms with Crippen molar-refractivity contribution in [2.45, 2.75) is 19.4 Å². The first-order valence-electron chi connectivity index (χ1n) is 8.05. The van der Waals surface area contributed by atoms with Gasteiger partial charge in [-0.15, -0.1) is 0 Å². The van der Waals surface area contributed by atoms with E-state index in [2.05, 4.69) is 9.82 Å². The van der Waals surface area contributed by atoms with Crippen molar-refractivity contribution in [1.29, 1.82) is 0 Å². The maximum atomic E-state index is 14.3. The summed E-state index contributed by atoms with van der Waals surface area (Å²) in [6, 6.07) is 10.3. The van der Waals surface area contributed by atoms with Gasteiger partial charge in [-0.2, -0.15) is 5.10 Å². The Morgan fingerprint density at radius 1 is 1.26 bits per heavy atom. The van der Waals surface area contributed by atoms with Crippen LogP contribution < -0.4 is 4.72 Å². The van der Waals surface area contributed by atoms with E-state index in [0.29, 0.717) is 23.4 Å². The fourth-order valence-electron chi connectivity index (χ4n) is 2.97. The second-order valence-corrected chi connectivity index (χ2v) is 8.37. The topological polar surface area (TPSA) is 78.8 Å². The molecule has 6 nitrogen and oxygen atoms in total. The molecule has 3 rings (SSSR count). The van der Waals surface area contributed by atoms with Crippen molar-refractivity contribution in [3.8, 4) is 0 Å². The lowest BCUT2D eigenvalue weighted by Crippen LogP contribution is -2.25. The van der Waals surface area contributed by atoms with Crippen LogP contribution in [0.25, 0.3) is 0 Å². The number of hydrogen-bond donors (Lipinski definition) is 1. The first kappa shape index (κ1) is 19.3. The average molecular weight is 410 g/mol. The zero-order valence-electron chi connectivity index (χ0n) is 14.6. The zero-order valence-corrected chi connectivity index (χ0v) is 16.2. The Kier molecular flexibility index (Phi) is 5.21. The number of amides is 1. The van der Waals surface area contributed by atoms with Crippen LogP contribution in [-0.4, -0.2) is 31.3 Å². The molecule has 0 spiro atoms. The van der Waals surface area contributed by atoms with Gasteiger partial charge < -0.3 is 0 Å². The zero-order chi connectivity index (χ0) is 19.8. The maximum absolute atomic E-state index is 14.3. The summed E-state index contributed by atoms with van der Waals surface area (Å²) in [5, 5.41) is 5.79. The minimum absolute atomic E-state index is 0.225. The highest BCUT2D eigenvalue weighted by molar-refractivity contribution is 7.92. The van der Waals surface area contributed by atoms with E-state index in [0.717, 1.165) is 6.26 Å². The third-order valence-electron chi connectivity index (χ3n) is 4.09. The van der Waals surface area contributed by atoms with Crippen LogP contribution in [0.5, 0.6) is 0 Å². The Morgan fingerprint density at radius 2 is 1.93 bits per heavy atom. The molecule has 1 heterocycles. The Bertz CT molecular complexity index is 1000. The lowest BCUT2D eigenvalue weighted by atomic mass is 9.98. The van der Waals surface area contributed by atoms with Crippen LogP contribution in [-0.2, 0) is 14.8 Å². The van der Waals surface area contributed by atoms with Gasteiger partial charge in [-0.25, -0.2) is 17.8 Å². The van der Waals surface area contributed by atoms with Gasteiger partial charge in [-0.3, -0.25) is 9.52 Å². The number of carbonyl (C=O) groups is 1. The van der Waals surface area contributed by atoms with Gasteiger partial charge in [0.25, 0.3) is 0 Å². The van der Waals surface area contributed by atoms with Crippen LogP contribution in [0.1, 0.15) is 30.5 Å². The van der Waals surface area contributed by atoms with E-state index in [1.165, 1.54) is 24.1 Å². The minimum atomic E-state index is -3.37. The van der Waals surface area contributed by atoms with Crippen LogP contribution in [0.2, 0.25) is 5.02 Å². The van der Waals surface area contributed by atoms with Crippen LogP contribution in [0.3, 0.4) is 0 Å². The number of hydrazone groups is 1. The summed E-state index contributed by atoms with van der Waals surface area (Å²) in [6.45, 7) is 1.35. The molecule has 1 N–H and O–H groups in total. The van der Waals surface area contributed by atoms with Crippen LogP contribution in [0.4, 0.5) is 10.1 Å². The summed E-state index contributed by atoms with van der Waals surface area (Å²) < 4.78 is 39.3. The summed E-state index contributed by atoms with van der Waals surface area (Å²) in [6.07, 6.45) is 1.36. The first-order valence-corrected chi connectivity index (χ1v) is 10.3. The molecule has 0 saturated heterocycles. The van der Waals surface area contributed by atoms with Gasteiger partial charge in [0.1, 0.15) is 5.82 Å².